The van der Waals surface area contributed by atoms with E-state index >= 15 is 0 Å². The number of hydrogen-bond donors (Lipinski definition) is 1. The monoisotopic (exact) mass is 313 g/mol. The van der Waals surface area contributed by atoms with Gasteiger partial charge in [-0.05, 0) is 38.7 Å². The molecule has 0 aliphatic heterocycles. The predicted octanol–water partition coefficient (Wildman–Crippen LogP) is 3.30. The van der Waals surface area contributed by atoms with Crippen molar-refractivity contribution in [2.24, 2.45) is 5.92 Å². The van der Waals surface area contributed by atoms with Crippen molar-refractivity contribution in [3.63, 3.8) is 0 Å². The highest BCUT2D eigenvalue weighted by molar-refractivity contribution is 5.74. The molecule has 3 aromatic rings. The van der Waals surface area contributed by atoms with Crippen LogP contribution in [0.4, 0.5) is 0 Å². The SMILES string of the molecule is CCC1C[C@@H](OC(C)C)C[C@@H]1c1nnc2cnc3[nH]ccc3n12. The summed E-state index contributed by atoms with van der Waals surface area (Å²) in [4.78, 5) is 7.57. The van der Waals surface area contributed by atoms with E-state index in [0.29, 0.717) is 17.9 Å². The Balaban J connectivity index is 1.77. The third-order valence-corrected chi connectivity index (χ3v) is 4.94. The molecule has 122 valence electrons. The minimum absolute atomic E-state index is 0.270. The van der Waals surface area contributed by atoms with Crippen LogP contribution in [0.15, 0.2) is 18.5 Å². The summed E-state index contributed by atoms with van der Waals surface area (Å²) in [5, 5.41) is 8.87. The van der Waals surface area contributed by atoms with Gasteiger partial charge in [-0.2, -0.15) is 0 Å². The third kappa shape index (κ3) is 2.41. The smallest absolute Gasteiger partial charge is 0.179 e. The van der Waals surface area contributed by atoms with E-state index in [4.69, 9.17) is 4.74 Å². The topological polar surface area (TPSA) is 68.1 Å². The van der Waals surface area contributed by atoms with E-state index in [-0.39, 0.29) is 6.10 Å². The zero-order chi connectivity index (χ0) is 16.0. The molecule has 0 saturated heterocycles. The van der Waals surface area contributed by atoms with Gasteiger partial charge in [0.2, 0.25) is 0 Å². The molecule has 4 rings (SSSR count). The van der Waals surface area contributed by atoms with Crippen molar-refractivity contribution >= 4 is 16.8 Å². The molecule has 23 heavy (non-hydrogen) atoms. The Labute approximate surface area is 135 Å². The Morgan fingerprint density at radius 1 is 1.35 bits per heavy atom. The Morgan fingerprint density at radius 3 is 3.00 bits per heavy atom. The van der Waals surface area contributed by atoms with Crippen molar-refractivity contribution in [2.75, 3.05) is 0 Å². The molecule has 1 N–H and O–H groups in total. The summed E-state index contributed by atoms with van der Waals surface area (Å²) in [5.74, 6) is 2.03. The maximum absolute atomic E-state index is 6.08. The fraction of sp³-hybridized carbons (Fsp3) is 0.588. The van der Waals surface area contributed by atoms with E-state index in [1.54, 1.807) is 6.20 Å². The van der Waals surface area contributed by atoms with Gasteiger partial charge in [0.25, 0.3) is 0 Å². The normalized spacial score (nSPS) is 25.1. The van der Waals surface area contributed by atoms with Gasteiger partial charge in [-0.25, -0.2) is 4.98 Å². The number of ether oxygens (including phenoxy) is 1. The first kappa shape index (κ1) is 14.6. The van der Waals surface area contributed by atoms with Crippen LogP contribution in [0.2, 0.25) is 0 Å². The van der Waals surface area contributed by atoms with Gasteiger partial charge in [-0.15, -0.1) is 10.2 Å². The lowest BCUT2D eigenvalue weighted by Gasteiger charge is -2.15. The number of aromatic amines is 1. The van der Waals surface area contributed by atoms with Crippen LogP contribution in [0.25, 0.3) is 16.8 Å². The summed E-state index contributed by atoms with van der Waals surface area (Å²) in [7, 11) is 0. The van der Waals surface area contributed by atoms with Crippen LogP contribution in [0.5, 0.6) is 0 Å². The highest BCUT2D eigenvalue weighted by atomic mass is 16.5. The predicted molar refractivity (Wildman–Crippen MR) is 88.4 cm³/mol. The molecule has 1 fully saturated rings. The van der Waals surface area contributed by atoms with Crippen LogP contribution in [0, 0.1) is 5.92 Å². The van der Waals surface area contributed by atoms with E-state index in [2.05, 4.69) is 45.3 Å². The van der Waals surface area contributed by atoms with Gasteiger partial charge in [0.15, 0.2) is 11.3 Å². The van der Waals surface area contributed by atoms with E-state index in [1.165, 1.54) is 0 Å². The first-order valence-corrected chi connectivity index (χ1v) is 8.50. The summed E-state index contributed by atoms with van der Waals surface area (Å²) in [6.45, 7) is 6.47. The quantitative estimate of drug-likeness (QED) is 0.802. The number of aromatic nitrogens is 5. The Bertz CT molecular complexity index is 821. The van der Waals surface area contributed by atoms with Crippen molar-refractivity contribution < 1.29 is 4.74 Å². The Morgan fingerprint density at radius 2 is 2.22 bits per heavy atom. The lowest BCUT2D eigenvalue weighted by Crippen LogP contribution is -2.14. The molecule has 3 atom stereocenters. The maximum atomic E-state index is 6.08. The summed E-state index contributed by atoms with van der Waals surface area (Å²) >= 11 is 0. The number of H-pyrrole nitrogens is 1. The number of nitrogens with zero attached hydrogens (tertiary/aromatic N) is 4. The molecule has 6 nitrogen and oxygen atoms in total. The molecular formula is C17H23N5O. The van der Waals surface area contributed by atoms with Crippen molar-refractivity contribution in [3.8, 4) is 0 Å². The molecule has 1 aliphatic carbocycles. The third-order valence-electron chi connectivity index (χ3n) is 4.94. The molecule has 1 aliphatic rings. The molecule has 0 spiro atoms. The van der Waals surface area contributed by atoms with Gasteiger partial charge in [-0.3, -0.25) is 4.40 Å². The summed E-state index contributed by atoms with van der Waals surface area (Å²) < 4.78 is 8.24. The first-order valence-electron chi connectivity index (χ1n) is 8.50. The fourth-order valence-electron chi connectivity index (χ4n) is 3.98. The zero-order valence-electron chi connectivity index (χ0n) is 13.9. The maximum Gasteiger partial charge on any atom is 0.179 e. The second kappa shape index (κ2) is 5.60. The van der Waals surface area contributed by atoms with Crippen LogP contribution < -0.4 is 0 Å². The highest BCUT2D eigenvalue weighted by Crippen LogP contribution is 2.42. The van der Waals surface area contributed by atoms with Gasteiger partial charge < -0.3 is 9.72 Å². The molecular weight excluding hydrogens is 290 g/mol. The molecule has 0 bridgehead atoms. The van der Waals surface area contributed by atoms with E-state index in [1.807, 2.05) is 12.3 Å². The zero-order valence-corrected chi connectivity index (χ0v) is 13.9. The van der Waals surface area contributed by atoms with Crippen LogP contribution in [-0.2, 0) is 4.74 Å². The van der Waals surface area contributed by atoms with E-state index < -0.39 is 0 Å². The molecule has 3 aromatic heterocycles. The number of fused-ring (bicyclic) bond motifs is 3. The molecule has 1 unspecified atom stereocenters. The Hall–Kier alpha value is -1.95. The number of hydrogen-bond acceptors (Lipinski definition) is 4. The molecule has 0 aromatic carbocycles. The molecule has 0 radical (unpaired) electrons. The summed E-state index contributed by atoms with van der Waals surface area (Å²) in [5.41, 5.74) is 2.74. The van der Waals surface area contributed by atoms with Crippen molar-refractivity contribution in [2.45, 2.75) is 58.2 Å². The van der Waals surface area contributed by atoms with Crippen molar-refractivity contribution in [3.05, 3.63) is 24.3 Å². The average Bonchev–Trinajstić information content (AvgIpc) is 3.22. The first-order chi connectivity index (χ1) is 11.2. The van der Waals surface area contributed by atoms with Crippen LogP contribution in [0.1, 0.15) is 51.8 Å². The van der Waals surface area contributed by atoms with E-state index in [0.717, 1.165) is 41.9 Å². The highest BCUT2D eigenvalue weighted by Gasteiger charge is 2.38. The molecule has 3 heterocycles. The summed E-state index contributed by atoms with van der Waals surface area (Å²) in [6.07, 6.45) is 7.55. The fourth-order valence-corrected chi connectivity index (χ4v) is 3.98. The minimum atomic E-state index is 0.270. The summed E-state index contributed by atoms with van der Waals surface area (Å²) in [6, 6.07) is 2.04. The standard InChI is InChI=1S/C17H23N5O/c1-4-11-7-12(23-10(2)3)8-13(11)17-21-20-15-9-19-16-14(22(15)17)5-6-18-16/h5-6,9-13,18H,4,7-8H2,1-3H3/t11?,12-,13+/m1/s1. The van der Waals surface area contributed by atoms with Gasteiger partial charge >= 0.3 is 0 Å². The van der Waals surface area contributed by atoms with Crippen molar-refractivity contribution in [1.29, 1.82) is 0 Å². The van der Waals surface area contributed by atoms with Gasteiger partial charge in [0.1, 0.15) is 5.82 Å². The molecule has 1 saturated carbocycles. The molecule has 6 heteroatoms. The van der Waals surface area contributed by atoms with Crippen LogP contribution in [-0.4, -0.2) is 36.8 Å². The second-order valence-electron chi connectivity index (χ2n) is 6.77. The number of nitrogens with one attached hydrogen (secondary N) is 1. The van der Waals surface area contributed by atoms with E-state index in [9.17, 15) is 0 Å². The van der Waals surface area contributed by atoms with Gasteiger partial charge in [0, 0.05) is 12.1 Å². The Kier molecular flexibility index (Phi) is 3.56. The van der Waals surface area contributed by atoms with Crippen LogP contribution in [0.3, 0.4) is 0 Å². The number of rotatable bonds is 4. The van der Waals surface area contributed by atoms with Gasteiger partial charge in [-0.1, -0.05) is 13.3 Å². The minimum Gasteiger partial charge on any atom is -0.376 e. The lowest BCUT2D eigenvalue weighted by atomic mass is 9.93. The van der Waals surface area contributed by atoms with Crippen LogP contribution >= 0.6 is 0 Å². The average molecular weight is 313 g/mol. The molecule has 0 amide bonds. The largest absolute Gasteiger partial charge is 0.376 e. The van der Waals surface area contributed by atoms with Crippen molar-refractivity contribution in [1.82, 2.24) is 24.6 Å². The van der Waals surface area contributed by atoms with Gasteiger partial charge in [0.05, 0.1) is 23.9 Å². The lowest BCUT2D eigenvalue weighted by molar-refractivity contribution is 0.00969. The second-order valence-corrected chi connectivity index (χ2v) is 6.77.